The van der Waals surface area contributed by atoms with Crippen LogP contribution in [0.15, 0.2) is 54.6 Å². The van der Waals surface area contributed by atoms with Crippen molar-refractivity contribution in [1.82, 2.24) is 4.90 Å². The highest BCUT2D eigenvalue weighted by molar-refractivity contribution is 5.92. The molecule has 0 spiro atoms. The van der Waals surface area contributed by atoms with Crippen LogP contribution in [0.5, 0.6) is 0 Å². The van der Waals surface area contributed by atoms with Crippen LogP contribution >= 0.6 is 0 Å². The average molecular weight is 294 g/mol. The van der Waals surface area contributed by atoms with Crippen molar-refractivity contribution in [2.24, 2.45) is 5.73 Å². The molecule has 2 N–H and O–H groups in total. The van der Waals surface area contributed by atoms with Gasteiger partial charge >= 0.3 is 0 Å². The zero-order valence-electron chi connectivity index (χ0n) is 12.7. The maximum atomic E-state index is 11.1. The summed E-state index contributed by atoms with van der Waals surface area (Å²) in [5.74, 6) is -0.366. The summed E-state index contributed by atoms with van der Waals surface area (Å²) in [6.07, 6.45) is 3.63. The van der Waals surface area contributed by atoms with Gasteiger partial charge in [-0.25, -0.2) is 0 Å². The molecule has 1 atom stereocenters. The normalized spacial score (nSPS) is 18.5. The van der Waals surface area contributed by atoms with Gasteiger partial charge in [0.25, 0.3) is 0 Å². The lowest BCUT2D eigenvalue weighted by Gasteiger charge is -2.24. The smallest absolute Gasteiger partial charge is 0.248 e. The number of primary amides is 1. The summed E-state index contributed by atoms with van der Waals surface area (Å²) in [6.45, 7) is 2.09. The first-order valence-electron chi connectivity index (χ1n) is 7.89. The lowest BCUT2D eigenvalue weighted by Crippen LogP contribution is -2.30. The topological polar surface area (TPSA) is 46.3 Å². The van der Waals surface area contributed by atoms with Gasteiger partial charge in [-0.2, -0.15) is 0 Å². The van der Waals surface area contributed by atoms with E-state index in [1.807, 2.05) is 24.3 Å². The minimum absolute atomic E-state index is 0.366. The second kappa shape index (κ2) is 6.75. The highest BCUT2D eigenvalue weighted by Crippen LogP contribution is 2.23. The quantitative estimate of drug-likeness (QED) is 0.921. The third kappa shape index (κ3) is 3.55. The van der Waals surface area contributed by atoms with E-state index in [0.717, 1.165) is 19.5 Å². The second-order valence-corrected chi connectivity index (χ2v) is 6.02. The van der Waals surface area contributed by atoms with E-state index >= 15 is 0 Å². The van der Waals surface area contributed by atoms with Crippen molar-refractivity contribution in [3.63, 3.8) is 0 Å². The van der Waals surface area contributed by atoms with Gasteiger partial charge in [0.15, 0.2) is 0 Å². The molecule has 3 heteroatoms. The van der Waals surface area contributed by atoms with E-state index in [1.54, 1.807) is 0 Å². The molecule has 0 aliphatic carbocycles. The van der Waals surface area contributed by atoms with Gasteiger partial charge in [0, 0.05) is 18.2 Å². The molecule has 1 heterocycles. The number of amides is 1. The molecule has 1 amide bonds. The third-order valence-corrected chi connectivity index (χ3v) is 4.44. The van der Waals surface area contributed by atoms with Gasteiger partial charge in [-0.3, -0.25) is 9.69 Å². The second-order valence-electron chi connectivity index (χ2n) is 6.02. The van der Waals surface area contributed by atoms with Gasteiger partial charge in [0.2, 0.25) is 5.91 Å². The monoisotopic (exact) mass is 294 g/mol. The Hall–Kier alpha value is -2.13. The first-order chi connectivity index (χ1) is 10.7. The van der Waals surface area contributed by atoms with Crippen LogP contribution in [0.4, 0.5) is 0 Å². The molecule has 3 rings (SSSR count). The van der Waals surface area contributed by atoms with E-state index in [4.69, 9.17) is 5.73 Å². The Morgan fingerprint density at radius 3 is 2.45 bits per heavy atom. The van der Waals surface area contributed by atoms with Crippen molar-refractivity contribution >= 4 is 5.91 Å². The van der Waals surface area contributed by atoms with Crippen LogP contribution in [0, 0.1) is 0 Å². The van der Waals surface area contributed by atoms with Gasteiger partial charge in [-0.1, -0.05) is 42.5 Å². The third-order valence-electron chi connectivity index (χ3n) is 4.44. The zero-order chi connectivity index (χ0) is 15.4. The van der Waals surface area contributed by atoms with Crippen molar-refractivity contribution in [2.45, 2.75) is 31.8 Å². The fourth-order valence-corrected chi connectivity index (χ4v) is 3.23. The summed E-state index contributed by atoms with van der Waals surface area (Å²) >= 11 is 0. The SMILES string of the molecule is NC(=O)c1ccc(CN2CCCC2Cc2ccccc2)cc1. The van der Waals surface area contributed by atoms with Gasteiger partial charge in [0.05, 0.1) is 0 Å². The summed E-state index contributed by atoms with van der Waals surface area (Å²) in [5, 5.41) is 0. The van der Waals surface area contributed by atoms with E-state index in [1.165, 1.54) is 24.0 Å². The van der Waals surface area contributed by atoms with Gasteiger partial charge in [-0.05, 0) is 49.1 Å². The summed E-state index contributed by atoms with van der Waals surface area (Å²) in [6, 6.07) is 19.0. The molecule has 1 unspecified atom stereocenters. The van der Waals surface area contributed by atoms with Crippen LogP contribution in [0.3, 0.4) is 0 Å². The summed E-state index contributed by atoms with van der Waals surface area (Å²) in [4.78, 5) is 13.7. The minimum atomic E-state index is -0.366. The molecule has 2 aromatic rings. The fourth-order valence-electron chi connectivity index (χ4n) is 3.23. The van der Waals surface area contributed by atoms with Crippen LogP contribution in [-0.4, -0.2) is 23.4 Å². The number of carbonyl (C=O) groups excluding carboxylic acids is 1. The Morgan fingerprint density at radius 2 is 1.77 bits per heavy atom. The minimum Gasteiger partial charge on any atom is -0.366 e. The molecule has 0 bridgehead atoms. The van der Waals surface area contributed by atoms with E-state index in [2.05, 4.69) is 35.2 Å². The maximum Gasteiger partial charge on any atom is 0.248 e. The van der Waals surface area contributed by atoms with Gasteiger partial charge in [-0.15, -0.1) is 0 Å². The summed E-state index contributed by atoms with van der Waals surface area (Å²) in [7, 11) is 0. The van der Waals surface area contributed by atoms with Crippen molar-refractivity contribution in [2.75, 3.05) is 6.54 Å². The number of benzene rings is 2. The molecule has 1 fully saturated rings. The number of carbonyl (C=O) groups is 1. The van der Waals surface area contributed by atoms with Crippen LogP contribution in [0.2, 0.25) is 0 Å². The molecule has 22 heavy (non-hydrogen) atoms. The Kier molecular flexibility index (Phi) is 4.54. The first kappa shape index (κ1) is 14.8. The molecule has 0 aromatic heterocycles. The van der Waals surface area contributed by atoms with Crippen LogP contribution in [0.25, 0.3) is 0 Å². The van der Waals surface area contributed by atoms with E-state index < -0.39 is 0 Å². The molecular formula is C19H22N2O. The maximum absolute atomic E-state index is 11.1. The van der Waals surface area contributed by atoms with Crippen molar-refractivity contribution in [3.8, 4) is 0 Å². The molecule has 3 nitrogen and oxygen atoms in total. The van der Waals surface area contributed by atoms with Crippen LogP contribution in [0.1, 0.15) is 34.3 Å². The van der Waals surface area contributed by atoms with Gasteiger partial charge in [0.1, 0.15) is 0 Å². The number of hydrogen-bond acceptors (Lipinski definition) is 2. The standard InChI is InChI=1S/C19H22N2O/c20-19(22)17-10-8-16(9-11-17)14-21-12-4-7-18(21)13-15-5-2-1-3-6-15/h1-3,5-6,8-11,18H,4,7,12-14H2,(H2,20,22). The average Bonchev–Trinajstić information content (AvgIpc) is 2.96. The van der Waals surface area contributed by atoms with Crippen molar-refractivity contribution in [3.05, 3.63) is 71.3 Å². The molecular weight excluding hydrogens is 272 g/mol. The molecule has 2 aromatic carbocycles. The summed E-state index contributed by atoms with van der Waals surface area (Å²) < 4.78 is 0. The Labute approximate surface area is 131 Å². The summed E-state index contributed by atoms with van der Waals surface area (Å²) in [5.41, 5.74) is 8.51. The zero-order valence-corrected chi connectivity index (χ0v) is 12.7. The molecule has 114 valence electrons. The lowest BCUT2D eigenvalue weighted by atomic mass is 10.0. The molecule has 1 aliphatic rings. The molecule has 1 aliphatic heterocycles. The predicted molar refractivity (Wildman–Crippen MR) is 88.5 cm³/mol. The molecule has 0 radical (unpaired) electrons. The Balaban J connectivity index is 1.64. The first-order valence-corrected chi connectivity index (χ1v) is 7.89. The van der Waals surface area contributed by atoms with Crippen molar-refractivity contribution in [1.29, 1.82) is 0 Å². The fraction of sp³-hybridized carbons (Fsp3) is 0.316. The number of rotatable bonds is 5. The number of nitrogens with two attached hydrogens (primary N) is 1. The Bertz CT molecular complexity index is 622. The highest BCUT2D eigenvalue weighted by atomic mass is 16.1. The van der Waals surface area contributed by atoms with E-state index in [0.29, 0.717) is 11.6 Å². The highest BCUT2D eigenvalue weighted by Gasteiger charge is 2.24. The van der Waals surface area contributed by atoms with Gasteiger partial charge < -0.3 is 5.73 Å². The van der Waals surface area contributed by atoms with Crippen LogP contribution in [-0.2, 0) is 13.0 Å². The van der Waals surface area contributed by atoms with Crippen molar-refractivity contribution < 1.29 is 4.79 Å². The Morgan fingerprint density at radius 1 is 1.05 bits per heavy atom. The molecule has 1 saturated heterocycles. The van der Waals surface area contributed by atoms with E-state index in [9.17, 15) is 4.79 Å². The number of hydrogen-bond donors (Lipinski definition) is 1. The largest absolute Gasteiger partial charge is 0.366 e. The van der Waals surface area contributed by atoms with Crippen LogP contribution < -0.4 is 5.73 Å². The molecule has 0 saturated carbocycles. The van der Waals surface area contributed by atoms with E-state index in [-0.39, 0.29) is 5.91 Å². The number of nitrogens with zero attached hydrogens (tertiary/aromatic N) is 1. The number of likely N-dealkylation sites (tertiary alicyclic amines) is 1. The lowest BCUT2D eigenvalue weighted by molar-refractivity contribution is 0.100. The predicted octanol–water partition coefficient (Wildman–Crippen LogP) is 2.99.